The van der Waals surface area contributed by atoms with Crippen LogP contribution in [-0.2, 0) is 28.4 Å². The highest BCUT2D eigenvalue weighted by molar-refractivity contribution is 7.98. The van der Waals surface area contributed by atoms with Crippen molar-refractivity contribution in [3.63, 3.8) is 0 Å². The van der Waals surface area contributed by atoms with Crippen molar-refractivity contribution < 1.29 is 9.53 Å². The van der Waals surface area contributed by atoms with Gasteiger partial charge in [0.1, 0.15) is 6.61 Å². The zero-order valence-electron chi connectivity index (χ0n) is 19.1. The molecule has 0 unspecified atom stereocenters. The van der Waals surface area contributed by atoms with Crippen LogP contribution in [-0.4, -0.2) is 27.3 Å². The molecule has 0 spiro atoms. The molecule has 1 heterocycles. The molecule has 0 aliphatic rings. The molecular weight excluding hydrogens is 503 g/mol. The Kier molecular flexibility index (Phi) is 8.82. The number of amides is 1. The molecule has 4 aromatic rings. The van der Waals surface area contributed by atoms with Crippen molar-refractivity contribution in [1.82, 2.24) is 20.1 Å². The van der Waals surface area contributed by atoms with Gasteiger partial charge in [-0.3, -0.25) is 9.36 Å². The molecule has 0 aliphatic heterocycles. The molecule has 0 atom stereocenters. The number of thioether (sulfide) groups is 1. The zero-order chi connectivity index (χ0) is 24.6. The Labute approximate surface area is 218 Å². The number of benzene rings is 3. The van der Waals surface area contributed by atoms with Gasteiger partial charge in [0.25, 0.3) is 0 Å². The van der Waals surface area contributed by atoms with E-state index in [-0.39, 0.29) is 19.1 Å². The van der Waals surface area contributed by atoms with Crippen molar-refractivity contribution in [3.05, 3.63) is 105 Å². The van der Waals surface area contributed by atoms with Crippen LogP contribution in [0.15, 0.2) is 78.0 Å². The second-order valence-electron chi connectivity index (χ2n) is 7.86. The number of nitrogens with zero attached hydrogens (tertiary/aromatic N) is 3. The van der Waals surface area contributed by atoms with Gasteiger partial charge in [0.05, 0.1) is 23.9 Å². The van der Waals surface area contributed by atoms with E-state index in [2.05, 4.69) is 40.6 Å². The monoisotopic (exact) mass is 526 g/mol. The molecule has 0 aliphatic carbocycles. The normalized spacial score (nSPS) is 10.9. The van der Waals surface area contributed by atoms with Crippen LogP contribution in [0.3, 0.4) is 0 Å². The third-order valence-corrected chi connectivity index (χ3v) is 6.64. The number of hydrogen-bond donors (Lipinski definition) is 1. The number of halogens is 2. The van der Waals surface area contributed by atoms with E-state index in [0.29, 0.717) is 39.1 Å². The minimum Gasteiger partial charge on any atom is -0.367 e. The van der Waals surface area contributed by atoms with Gasteiger partial charge in [-0.25, -0.2) is 0 Å². The average Bonchev–Trinajstić information content (AvgIpc) is 3.26. The summed E-state index contributed by atoms with van der Waals surface area (Å²) in [5.74, 6) is 0.997. The van der Waals surface area contributed by atoms with Gasteiger partial charge >= 0.3 is 0 Å². The molecule has 6 nitrogen and oxygen atoms in total. The predicted molar refractivity (Wildman–Crippen MR) is 140 cm³/mol. The van der Waals surface area contributed by atoms with Crippen molar-refractivity contribution in [2.24, 2.45) is 0 Å². The summed E-state index contributed by atoms with van der Waals surface area (Å²) in [7, 11) is 0. The van der Waals surface area contributed by atoms with Gasteiger partial charge in [-0.05, 0) is 36.2 Å². The molecule has 0 saturated heterocycles. The van der Waals surface area contributed by atoms with Crippen LogP contribution in [0.1, 0.15) is 22.5 Å². The average molecular weight is 527 g/mol. The summed E-state index contributed by atoms with van der Waals surface area (Å²) in [4.78, 5) is 12.4. The van der Waals surface area contributed by atoms with Crippen LogP contribution in [0.4, 0.5) is 0 Å². The lowest BCUT2D eigenvalue weighted by atomic mass is 10.2. The molecular formula is C26H24Cl2N4O2S. The van der Waals surface area contributed by atoms with Crippen LogP contribution in [0.25, 0.3) is 5.69 Å². The first-order chi connectivity index (χ1) is 17.0. The van der Waals surface area contributed by atoms with Crippen LogP contribution in [0, 0.1) is 6.92 Å². The first-order valence-electron chi connectivity index (χ1n) is 11.0. The summed E-state index contributed by atoms with van der Waals surface area (Å²) < 4.78 is 7.36. The quantitative estimate of drug-likeness (QED) is 0.256. The summed E-state index contributed by atoms with van der Waals surface area (Å²) in [5.41, 5.74) is 4.03. The first-order valence-corrected chi connectivity index (χ1v) is 12.7. The molecule has 9 heteroatoms. The number of rotatable bonds is 10. The van der Waals surface area contributed by atoms with Crippen LogP contribution in [0.2, 0.25) is 10.0 Å². The van der Waals surface area contributed by atoms with E-state index in [4.69, 9.17) is 27.9 Å². The van der Waals surface area contributed by atoms with Crippen LogP contribution >= 0.6 is 35.0 Å². The minimum atomic E-state index is -0.248. The van der Waals surface area contributed by atoms with Crippen LogP contribution in [0.5, 0.6) is 0 Å². The summed E-state index contributed by atoms with van der Waals surface area (Å²) in [6.07, 6.45) is 0. The molecule has 3 aromatic carbocycles. The maximum atomic E-state index is 12.4. The molecule has 1 aromatic heterocycles. The molecule has 35 heavy (non-hydrogen) atoms. The number of hydrogen-bond acceptors (Lipinski definition) is 5. The molecule has 0 bridgehead atoms. The number of carbonyl (C=O) groups excluding carboxylic acids is 1. The first kappa shape index (κ1) is 25.3. The van der Waals surface area contributed by atoms with Crippen molar-refractivity contribution in [2.45, 2.75) is 31.0 Å². The van der Waals surface area contributed by atoms with E-state index in [1.807, 2.05) is 41.0 Å². The fourth-order valence-corrected chi connectivity index (χ4v) is 4.70. The summed E-state index contributed by atoms with van der Waals surface area (Å²) >= 11 is 14.3. The molecule has 4 rings (SSSR count). The fraction of sp³-hybridized carbons (Fsp3) is 0.192. The van der Waals surface area contributed by atoms with E-state index in [0.717, 1.165) is 5.56 Å². The van der Waals surface area contributed by atoms with Gasteiger partial charge < -0.3 is 10.1 Å². The maximum absolute atomic E-state index is 12.4. The molecule has 0 fully saturated rings. The fourth-order valence-electron chi connectivity index (χ4n) is 3.42. The smallest absolute Gasteiger partial charge is 0.246 e. The molecule has 1 amide bonds. The van der Waals surface area contributed by atoms with Gasteiger partial charge in [-0.15, -0.1) is 10.2 Å². The van der Waals surface area contributed by atoms with Gasteiger partial charge in [0.2, 0.25) is 5.91 Å². The van der Waals surface area contributed by atoms with Crippen molar-refractivity contribution in [1.29, 1.82) is 0 Å². The lowest BCUT2D eigenvalue weighted by Crippen LogP contribution is -2.28. The number of aryl methyl sites for hydroxylation is 1. The van der Waals surface area contributed by atoms with Crippen LogP contribution < -0.4 is 5.32 Å². The summed E-state index contributed by atoms with van der Waals surface area (Å²) in [5, 5.41) is 13.2. The topological polar surface area (TPSA) is 69.0 Å². The van der Waals surface area contributed by atoms with Gasteiger partial charge in [0, 0.05) is 10.8 Å². The third kappa shape index (κ3) is 7.08. The number of carbonyl (C=O) groups is 1. The molecule has 1 N–H and O–H groups in total. The lowest BCUT2D eigenvalue weighted by Gasteiger charge is -2.13. The number of nitrogens with one attached hydrogen (secondary N) is 1. The summed E-state index contributed by atoms with van der Waals surface area (Å²) in [6.45, 7) is 2.53. The Hall–Kier alpha value is -2.84. The largest absolute Gasteiger partial charge is 0.367 e. The van der Waals surface area contributed by atoms with Gasteiger partial charge in [-0.1, -0.05) is 95.1 Å². The van der Waals surface area contributed by atoms with E-state index in [1.165, 1.54) is 22.9 Å². The van der Waals surface area contributed by atoms with Gasteiger partial charge in [0.15, 0.2) is 11.0 Å². The lowest BCUT2D eigenvalue weighted by molar-refractivity contribution is -0.126. The van der Waals surface area contributed by atoms with E-state index >= 15 is 0 Å². The zero-order valence-corrected chi connectivity index (χ0v) is 21.4. The highest BCUT2D eigenvalue weighted by atomic mass is 35.5. The second-order valence-corrected chi connectivity index (χ2v) is 9.65. The highest BCUT2D eigenvalue weighted by Gasteiger charge is 2.18. The summed E-state index contributed by atoms with van der Waals surface area (Å²) in [6, 6.07) is 23.2. The Morgan fingerprint density at radius 2 is 1.80 bits per heavy atom. The van der Waals surface area contributed by atoms with E-state index < -0.39 is 0 Å². The van der Waals surface area contributed by atoms with E-state index in [9.17, 15) is 4.79 Å². The predicted octanol–water partition coefficient (Wildman–Crippen LogP) is 6.01. The Balaban J connectivity index is 1.47. The maximum Gasteiger partial charge on any atom is 0.246 e. The Morgan fingerprint density at radius 1 is 1.00 bits per heavy atom. The van der Waals surface area contributed by atoms with Crippen molar-refractivity contribution in [3.8, 4) is 5.69 Å². The Bertz CT molecular complexity index is 1300. The highest BCUT2D eigenvalue weighted by Crippen LogP contribution is 2.31. The number of aromatic nitrogens is 3. The van der Waals surface area contributed by atoms with Gasteiger partial charge in [-0.2, -0.15) is 0 Å². The van der Waals surface area contributed by atoms with Crippen molar-refractivity contribution in [2.75, 3.05) is 6.61 Å². The minimum absolute atomic E-state index is 0.0596. The molecule has 0 radical (unpaired) electrons. The Morgan fingerprint density at radius 3 is 2.60 bits per heavy atom. The van der Waals surface area contributed by atoms with Crippen molar-refractivity contribution >= 4 is 40.9 Å². The third-order valence-electron chi connectivity index (χ3n) is 5.09. The SMILES string of the molecule is Cc1cccc(CSc2nnc(CNC(=O)COCc3ccccc3)n2-c2cc(Cl)ccc2Cl)c1. The standard InChI is InChI=1S/C26H24Cl2N4O2S/c1-18-6-5-9-20(12-18)17-35-26-31-30-24(32(26)23-13-21(27)10-11-22(23)28)14-29-25(33)16-34-15-19-7-3-2-4-8-19/h2-13H,14-17H2,1H3,(H,29,33). The second kappa shape index (κ2) is 12.2. The van der Waals surface area contributed by atoms with E-state index in [1.54, 1.807) is 18.2 Å². The number of ether oxygens (including phenoxy) is 1. The molecule has 180 valence electrons. The molecule has 0 saturated carbocycles.